The smallest absolute Gasteiger partial charge is 0.225 e. The van der Waals surface area contributed by atoms with Crippen LogP contribution in [0.5, 0.6) is 0 Å². The highest BCUT2D eigenvalue weighted by molar-refractivity contribution is 5.77. The van der Waals surface area contributed by atoms with Crippen molar-refractivity contribution in [2.75, 3.05) is 39.5 Å². The molecule has 0 radical (unpaired) electrons. The first-order valence-corrected chi connectivity index (χ1v) is 8.69. The van der Waals surface area contributed by atoms with Crippen LogP contribution in [0, 0.1) is 5.82 Å². The van der Waals surface area contributed by atoms with Crippen LogP contribution in [0.15, 0.2) is 24.3 Å². The Morgan fingerprint density at radius 3 is 3.00 bits per heavy atom. The van der Waals surface area contributed by atoms with E-state index >= 15 is 0 Å². The lowest BCUT2D eigenvalue weighted by Gasteiger charge is -2.36. The number of hydrogen-bond acceptors (Lipinski definition) is 4. The van der Waals surface area contributed by atoms with E-state index in [0.717, 1.165) is 38.2 Å². The van der Waals surface area contributed by atoms with Gasteiger partial charge in [0.15, 0.2) is 0 Å². The van der Waals surface area contributed by atoms with Crippen molar-refractivity contribution in [3.05, 3.63) is 35.6 Å². The lowest BCUT2D eigenvalue weighted by molar-refractivity contribution is -0.136. The molecule has 5 nitrogen and oxygen atoms in total. The van der Waals surface area contributed by atoms with Gasteiger partial charge in [0.1, 0.15) is 5.82 Å². The number of carbonyl (C=O) groups excluding carboxylic acids is 1. The number of nitrogens with zero attached hydrogens (tertiary/aromatic N) is 1. The van der Waals surface area contributed by atoms with E-state index < -0.39 is 0 Å². The van der Waals surface area contributed by atoms with E-state index in [1.165, 1.54) is 12.1 Å². The molecular formula is C18H25FN2O3. The van der Waals surface area contributed by atoms with Crippen LogP contribution in [-0.2, 0) is 14.3 Å². The normalized spacial score (nSPS) is 22.5. The molecule has 0 spiro atoms. The minimum absolute atomic E-state index is 0.0674. The molecule has 0 saturated carbocycles. The SMILES string of the molecule is O=C(CCOC1CCOCC1)N1CCNCC1c1cccc(F)c1. The molecule has 3 rings (SSSR count). The largest absolute Gasteiger partial charge is 0.381 e. The maximum atomic E-state index is 13.5. The molecule has 2 heterocycles. The van der Waals surface area contributed by atoms with Crippen LogP contribution in [0.2, 0.25) is 0 Å². The Morgan fingerprint density at radius 1 is 1.38 bits per heavy atom. The van der Waals surface area contributed by atoms with Crippen molar-refractivity contribution in [2.24, 2.45) is 0 Å². The molecule has 0 aromatic heterocycles. The van der Waals surface area contributed by atoms with Gasteiger partial charge in [-0.3, -0.25) is 4.79 Å². The number of ether oxygens (including phenoxy) is 2. The fourth-order valence-electron chi connectivity index (χ4n) is 3.31. The van der Waals surface area contributed by atoms with Crippen LogP contribution in [0.25, 0.3) is 0 Å². The molecular weight excluding hydrogens is 311 g/mol. The van der Waals surface area contributed by atoms with Crippen LogP contribution in [-0.4, -0.2) is 56.4 Å². The van der Waals surface area contributed by atoms with Gasteiger partial charge in [0.25, 0.3) is 0 Å². The molecule has 24 heavy (non-hydrogen) atoms. The summed E-state index contributed by atoms with van der Waals surface area (Å²) in [5, 5.41) is 3.28. The highest BCUT2D eigenvalue weighted by atomic mass is 19.1. The highest BCUT2D eigenvalue weighted by Crippen LogP contribution is 2.23. The second-order valence-electron chi connectivity index (χ2n) is 6.29. The van der Waals surface area contributed by atoms with Gasteiger partial charge < -0.3 is 19.7 Å². The van der Waals surface area contributed by atoms with Crippen molar-refractivity contribution in [3.8, 4) is 0 Å². The Bertz CT molecular complexity index is 549. The molecule has 2 saturated heterocycles. The first-order valence-electron chi connectivity index (χ1n) is 8.69. The van der Waals surface area contributed by atoms with Gasteiger partial charge in [0.2, 0.25) is 5.91 Å². The van der Waals surface area contributed by atoms with Gasteiger partial charge in [0.05, 0.1) is 25.2 Å². The predicted octanol–water partition coefficient (Wildman–Crippen LogP) is 1.88. The maximum absolute atomic E-state index is 13.5. The van der Waals surface area contributed by atoms with Gasteiger partial charge in [-0.25, -0.2) is 4.39 Å². The van der Waals surface area contributed by atoms with E-state index in [2.05, 4.69) is 5.32 Å². The van der Waals surface area contributed by atoms with Gasteiger partial charge in [0, 0.05) is 32.8 Å². The molecule has 2 aliphatic rings. The Hall–Kier alpha value is -1.50. The first-order chi connectivity index (χ1) is 11.7. The Labute approximate surface area is 142 Å². The van der Waals surface area contributed by atoms with Crippen molar-refractivity contribution >= 4 is 5.91 Å². The van der Waals surface area contributed by atoms with Crippen molar-refractivity contribution in [3.63, 3.8) is 0 Å². The molecule has 2 aliphatic heterocycles. The maximum Gasteiger partial charge on any atom is 0.225 e. The number of amides is 1. The summed E-state index contributed by atoms with van der Waals surface area (Å²) in [6.07, 6.45) is 2.36. The molecule has 1 unspecified atom stereocenters. The van der Waals surface area contributed by atoms with Crippen LogP contribution in [0.3, 0.4) is 0 Å². The highest BCUT2D eigenvalue weighted by Gasteiger charge is 2.28. The van der Waals surface area contributed by atoms with Crippen LogP contribution in [0.4, 0.5) is 4.39 Å². The third-order valence-electron chi connectivity index (χ3n) is 4.63. The zero-order chi connectivity index (χ0) is 16.8. The van der Waals surface area contributed by atoms with Crippen LogP contribution in [0.1, 0.15) is 30.9 Å². The van der Waals surface area contributed by atoms with Crippen molar-refractivity contribution in [1.29, 1.82) is 0 Å². The van der Waals surface area contributed by atoms with E-state index in [4.69, 9.17) is 9.47 Å². The number of nitrogens with one attached hydrogen (secondary N) is 1. The van der Waals surface area contributed by atoms with Crippen molar-refractivity contribution in [2.45, 2.75) is 31.4 Å². The summed E-state index contributed by atoms with van der Waals surface area (Å²) in [6.45, 7) is 3.95. The Balaban J connectivity index is 1.55. The topological polar surface area (TPSA) is 50.8 Å². The Kier molecular flexibility index (Phi) is 6.18. The fourth-order valence-corrected chi connectivity index (χ4v) is 3.31. The van der Waals surface area contributed by atoms with Gasteiger partial charge in [-0.1, -0.05) is 12.1 Å². The molecule has 0 bridgehead atoms. The van der Waals surface area contributed by atoms with E-state index in [1.54, 1.807) is 6.07 Å². The summed E-state index contributed by atoms with van der Waals surface area (Å²) in [4.78, 5) is 14.5. The average Bonchev–Trinajstić information content (AvgIpc) is 2.62. The molecule has 1 aromatic rings. The zero-order valence-corrected chi connectivity index (χ0v) is 13.9. The standard InChI is InChI=1S/C18H25FN2O3/c19-15-3-1-2-14(12-15)17-13-20-7-8-21(17)18(22)6-11-24-16-4-9-23-10-5-16/h1-3,12,16-17,20H,4-11,13H2. The molecule has 1 aromatic carbocycles. The molecule has 2 fully saturated rings. The second kappa shape index (κ2) is 8.55. The number of rotatable bonds is 5. The second-order valence-corrected chi connectivity index (χ2v) is 6.29. The molecule has 132 valence electrons. The molecule has 1 N–H and O–H groups in total. The summed E-state index contributed by atoms with van der Waals surface area (Å²) in [5.41, 5.74) is 0.834. The minimum atomic E-state index is -0.270. The summed E-state index contributed by atoms with van der Waals surface area (Å²) in [5.74, 6) is -0.203. The van der Waals surface area contributed by atoms with E-state index in [1.807, 2.05) is 11.0 Å². The average molecular weight is 336 g/mol. The summed E-state index contributed by atoms with van der Waals surface area (Å²) < 4.78 is 24.6. The quantitative estimate of drug-likeness (QED) is 0.892. The van der Waals surface area contributed by atoms with Crippen LogP contribution >= 0.6 is 0 Å². The third-order valence-corrected chi connectivity index (χ3v) is 4.63. The number of carbonyl (C=O) groups is 1. The van der Waals surface area contributed by atoms with E-state index in [0.29, 0.717) is 26.1 Å². The lowest BCUT2D eigenvalue weighted by Crippen LogP contribution is -2.49. The molecule has 1 amide bonds. The van der Waals surface area contributed by atoms with Gasteiger partial charge in [-0.05, 0) is 30.5 Å². The fraction of sp³-hybridized carbons (Fsp3) is 0.611. The van der Waals surface area contributed by atoms with E-state index in [-0.39, 0.29) is 23.9 Å². The number of hydrogen-bond donors (Lipinski definition) is 1. The van der Waals surface area contributed by atoms with E-state index in [9.17, 15) is 9.18 Å². The molecule has 6 heteroatoms. The Morgan fingerprint density at radius 2 is 2.21 bits per heavy atom. The number of halogens is 1. The molecule has 0 aliphatic carbocycles. The van der Waals surface area contributed by atoms with Crippen molar-refractivity contribution in [1.82, 2.24) is 10.2 Å². The monoisotopic (exact) mass is 336 g/mol. The lowest BCUT2D eigenvalue weighted by atomic mass is 10.0. The minimum Gasteiger partial charge on any atom is -0.381 e. The third kappa shape index (κ3) is 4.53. The van der Waals surface area contributed by atoms with Gasteiger partial charge in [-0.15, -0.1) is 0 Å². The van der Waals surface area contributed by atoms with Gasteiger partial charge >= 0.3 is 0 Å². The molecule has 1 atom stereocenters. The number of piperazine rings is 1. The van der Waals surface area contributed by atoms with Crippen LogP contribution < -0.4 is 5.32 Å². The van der Waals surface area contributed by atoms with Gasteiger partial charge in [-0.2, -0.15) is 0 Å². The summed E-state index contributed by atoms with van der Waals surface area (Å²) in [6, 6.07) is 6.38. The predicted molar refractivity (Wildman–Crippen MR) is 88.1 cm³/mol. The summed E-state index contributed by atoms with van der Waals surface area (Å²) >= 11 is 0. The van der Waals surface area contributed by atoms with Crippen molar-refractivity contribution < 1.29 is 18.7 Å². The number of benzene rings is 1. The zero-order valence-electron chi connectivity index (χ0n) is 13.9. The summed E-state index contributed by atoms with van der Waals surface area (Å²) in [7, 11) is 0. The first kappa shape index (κ1) is 17.3.